The standard InChI is InChI=1S/C22H19N3O3/c1-14-3-2-4-20-24-21(15-5-8-17(26)9-6-15)22(25(14)20)23-16-7-10-18-19(13-16)28-12-11-27-18/h2-10,13,23,26H,11-12H2,1H3. The van der Waals surface area contributed by atoms with Gasteiger partial charge in [0.1, 0.15) is 36.1 Å². The van der Waals surface area contributed by atoms with E-state index in [9.17, 15) is 5.11 Å². The number of anilines is 2. The molecule has 0 bridgehead atoms. The van der Waals surface area contributed by atoms with Gasteiger partial charge in [-0.3, -0.25) is 4.40 Å². The first-order valence-corrected chi connectivity index (χ1v) is 9.13. The molecule has 2 aromatic heterocycles. The van der Waals surface area contributed by atoms with Crippen molar-refractivity contribution in [2.75, 3.05) is 18.5 Å². The maximum absolute atomic E-state index is 9.64. The number of ether oxygens (including phenoxy) is 2. The molecule has 2 aromatic carbocycles. The molecule has 1 aliphatic heterocycles. The van der Waals surface area contributed by atoms with Crippen LogP contribution in [0.2, 0.25) is 0 Å². The van der Waals surface area contributed by atoms with Crippen molar-refractivity contribution < 1.29 is 14.6 Å². The summed E-state index contributed by atoms with van der Waals surface area (Å²) in [4.78, 5) is 4.82. The van der Waals surface area contributed by atoms with E-state index in [0.717, 1.165) is 45.6 Å². The average molecular weight is 373 g/mol. The van der Waals surface area contributed by atoms with Crippen molar-refractivity contribution in [3.8, 4) is 28.5 Å². The largest absolute Gasteiger partial charge is 0.508 e. The minimum Gasteiger partial charge on any atom is -0.508 e. The van der Waals surface area contributed by atoms with Crippen LogP contribution in [0.5, 0.6) is 17.2 Å². The van der Waals surface area contributed by atoms with Gasteiger partial charge in [0, 0.05) is 23.0 Å². The van der Waals surface area contributed by atoms with Gasteiger partial charge < -0.3 is 19.9 Å². The van der Waals surface area contributed by atoms with Gasteiger partial charge in [0.25, 0.3) is 0 Å². The Morgan fingerprint density at radius 1 is 0.964 bits per heavy atom. The van der Waals surface area contributed by atoms with E-state index >= 15 is 0 Å². The smallest absolute Gasteiger partial charge is 0.163 e. The molecule has 0 amide bonds. The van der Waals surface area contributed by atoms with Crippen molar-refractivity contribution in [1.82, 2.24) is 9.38 Å². The number of pyridine rings is 1. The summed E-state index contributed by atoms with van der Waals surface area (Å²) >= 11 is 0. The molecule has 0 fully saturated rings. The summed E-state index contributed by atoms with van der Waals surface area (Å²) in [5.74, 6) is 2.57. The van der Waals surface area contributed by atoms with Crippen LogP contribution in [0.25, 0.3) is 16.9 Å². The number of nitrogens with zero attached hydrogens (tertiary/aromatic N) is 2. The van der Waals surface area contributed by atoms with Gasteiger partial charge in [-0.2, -0.15) is 0 Å². The fraction of sp³-hybridized carbons (Fsp3) is 0.136. The number of aromatic nitrogens is 2. The Bertz CT molecular complexity index is 1170. The molecule has 0 unspecified atom stereocenters. The minimum absolute atomic E-state index is 0.227. The Balaban J connectivity index is 1.65. The second-order valence-corrected chi connectivity index (χ2v) is 6.70. The first-order valence-electron chi connectivity index (χ1n) is 9.13. The number of nitrogens with one attached hydrogen (secondary N) is 1. The van der Waals surface area contributed by atoms with E-state index in [-0.39, 0.29) is 5.75 Å². The van der Waals surface area contributed by atoms with Crippen LogP contribution in [0.4, 0.5) is 11.5 Å². The molecule has 6 heteroatoms. The van der Waals surface area contributed by atoms with Gasteiger partial charge in [-0.15, -0.1) is 0 Å². The first-order chi connectivity index (χ1) is 13.7. The Labute approximate surface area is 162 Å². The lowest BCUT2D eigenvalue weighted by atomic mass is 10.1. The van der Waals surface area contributed by atoms with Crippen LogP contribution in [0, 0.1) is 6.92 Å². The third-order valence-electron chi connectivity index (χ3n) is 4.78. The molecule has 0 spiro atoms. The number of hydrogen-bond donors (Lipinski definition) is 2. The normalized spacial score (nSPS) is 12.9. The summed E-state index contributed by atoms with van der Waals surface area (Å²) < 4.78 is 13.4. The highest BCUT2D eigenvalue weighted by atomic mass is 16.6. The first kappa shape index (κ1) is 16.5. The van der Waals surface area contributed by atoms with Crippen molar-refractivity contribution in [2.24, 2.45) is 0 Å². The molecular formula is C22H19N3O3. The molecule has 0 radical (unpaired) electrons. The summed E-state index contributed by atoms with van der Waals surface area (Å²) in [6, 6.07) is 18.9. The molecule has 0 atom stereocenters. The van der Waals surface area contributed by atoms with E-state index in [2.05, 4.69) is 9.72 Å². The molecule has 1 aliphatic rings. The topological polar surface area (TPSA) is 68.0 Å². The molecule has 0 saturated carbocycles. The van der Waals surface area contributed by atoms with Crippen LogP contribution < -0.4 is 14.8 Å². The lowest BCUT2D eigenvalue weighted by Crippen LogP contribution is -2.15. The minimum atomic E-state index is 0.227. The maximum atomic E-state index is 9.64. The average Bonchev–Trinajstić information content (AvgIpc) is 3.08. The zero-order valence-corrected chi connectivity index (χ0v) is 15.3. The highest BCUT2D eigenvalue weighted by Gasteiger charge is 2.17. The number of phenolic OH excluding ortho intramolecular Hbond substituents is 1. The number of imidazole rings is 1. The van der Waals surface area contributed by atoms with Crippen LogP contribution in [0.15, 0.2) is 60.7 Å². The second-order valence-electron chi connectivity index (χ2n) is 6.70. The van der Waals surface area contributed by atoms with Crippen molar-refractivity contribution in [1.29, 1.82) is 0 Å². The SMILES string of the molecule is Cc1cccc2nc(-c3ccc(O)cc3)c(Nc3ccc4c(c3)OCCO4)n12. The molecular weight excluding hydrogens is 354 g/mol. The van der Waals surface area contributed by atoms with Gasteiger partial charge in [-0.05, 0) is 55.5 Å². The number of rotatable bonds is 3. The Morgan fingerprint density at radius 2 is 1.75 bits per heavy atom. The number of fused-ring (bicyclic) bond motifs is 2. The number of phenols is 1. The quantitative estimate of drug-likeness (QED) is 0.552. The zero-order chi connectivity index (χ0) is 19.1. The van der Waals surface area contributed by atoms with E-state index in [4.69, 9.17) is 14.5 Å². The van der Waals surface area contributed by atoms with Crippen molar-refractivity contribution in [3.63, 3.8) is 0 Å². The van der Waals surface area contributed by atoms with Crippen LogP contribution in [-0.4, -0.2) is 27.7 Å². The van der Waals surface area contributed by atoms with Crippen LogP contribution in [-0.2, 0) is 0 Å². The fourth-order valence-electron chi connectivity index (χ4n) is 3.45. The predicted octanol–water partition coefficient (Wildman–Crippen LogP) is 4.53. The Hall–Kier alpha value is -3.67. The lowest BCUT2D eigenvalue weighted by Gasteiger charge is -2.19. The summed E-state index contributed by atoms with van der Waals surface area (Å²) in [6.07, 6.45) is 0. The molecule has 3 heterocycles. The summed E-state index contributed by atoms with van der Waals surface area (Å²) in [5, 5.41) is 13.1. The fourth-order valence-corrected chi connectivity index (χ4v) is 3.45. The van der Waals surface area contributed by atoms with E-state index in [0.29, 0.717) is 13.2 Å². The molecule has 4 aromatic rings. The molecule has 28 heavy (non-hydrogen) atoms. The summed E-state index contributed by atoms with van der Waals surface area (Å²) in [6.45, 7) is 3.16. The van der Waals surface area contributed by atoms with Gasteiger partial charge in [-0.1, -0.05) is 6.07 Å². The molecule has 140 valence electrons. The van der Waals surface area contributed by atoms with Gasteiger partial charge in [0.2, 0.25) is 0 Å². The molecule has 0 aliphatic carbocycles. The molecule has 6 nitrogen and oxygen atoms in total. The number of aromatic hydroxyl groups is 1. The second kappa shape index (κ2) is 6.49. The van der Waals surface area contributed by atoms with E-state index < -0.39 is 0 Å². The number of benzene rings is 2. The van der Waals surface area contributed by atoms with Crippen molar-refractivity contribution in [2.45, 2.75) is 6.92 Å². The maximum Gasteiger partial charge on any atom is 0.163 e. The molecule has 2 N–H and O–H groups in total. The highest BCUT2D eigenvalue weighted by molar-refractivity contribution is 5.80. The van der Waals surface area contributed by atoms with Crippen LogP contribution in [0.3, 0.4) is 0 Å². The van der Waals surface area contributed by atoms with Gasteiger partial charge in [-0.25, -0.2) is 4.98 Å². The summed E-state index contributed by atoms with van der Waals surface area (Å²) in [5.41, 5.74) is 4.53. The third kappa shape index (κ3) is 2.79. The van der Waals surface area contributed by atoms with Crippen molar-refractivity contribution in [3.05, 3.63) is 66.4 Å². The highest BCUT2D eigenvalue weighted by Crippen LogP contribution is 2.36. The van der Waals surface area contributed by atoms with Crippen LogP contribution in [0.1, 0.15) is 5.69 Å². The van der Waals surface area contributed by atoms with E-state index in [1.165, 1.54) is 0 Å². The van der Waals surface area contributed by atoms with Gasteiger partial charge >= 0.3 is 0 Å². The number of hydrogen-bond acceptors (Lipinski definition) is 5. The van der Waals surface area contributed by atoms with E-state index in [1.807, 2.05) is 55.5 Å². The Kier molecular flexibility index (Phi) is 3.83. The summed E-state index contributed by atoms with van der Waals surface area (Å²) in [7, 11) is 0. The van der Waals surface area contributed by atoms with Gasteiger partial charge in [0.15, 0.2) is 11.5 Å². The van der Waals surface area contributed by atoms with Gasteiger partial charge in [0.05, 0.1) is 0 Å². The molecule has 0 saturated heterocycles. The lowest BCUT2D eigenvalue weighted by molar-refractivity contribution is 0.171. The number of aryl methyl sites for hydroxylation is 1. The Morgan fingerprint density at radius 3 is 2.57 bits per heavy atom. The zero-order valence-electron chi connectivity index (χ0n) is 15.3. The van der Waals surface area contributed by atoms with Crippen LogP contribution >= 0.6 is 0 Å². The van der Waals surface area contributed by atoms with E-state index in [1.54, 1.807) is 12.1 Å². The predicted molar refractivity (Wildman–Crippen MR) is 108 cm³/mol. The third-order valence-corrected chi connectivity index (χ3v) is 4.78. The van der Waals surface area contributed by atoms with Crippen molar-refractivity contribution >= 4 is 17.2 Å². The molecule has 5 rings (SSSR count). The monoisotopic (exact) mass is 373 g/mol.